The van der Waals surface area contributed by atoms with Gasteiger partial charge in [-0.2, -0.15) is 0 Å². The van der Waals surface area contributed by atoms with Gasteiger partial charge >= 0.3 is 5.97 Å². The Balaban J connectivity index is 1.73. The summed E-state index contributed by atoms with van der Waals surface area (Å²) in [6, 6.07) is 18.7. The van der Waals surface area contributed by atoms with Crippen LogP contribution >= 0.6 is 0 Å². The van der Waals surface area contributed by atoms with Gasteiger partial charge in [0.1, 0.15) is 0 Å². The molecule has 0 fully saturated rings. The second kappa shape index (κ2) is 7.70. The number of aromatic nitrogens is 1. The first kappa shape index (κ1) is 18.1. The second-order valence-corrected chi connectivity index (χ2v) is 6.07. The number of benzene rings is 2. The average molecular weight is 362 g/mol. The van der Waals surface area contributed by atoms with Gasteiger partial charge in [-0.15, -0.1) is 0 Å². The summed E-state index contributed by atoms with van der Waals surface area (Å²) in [5.41, 5.74) is 2.55. The van der Waals surface area contributed by atoms with Crippen molar-refractivity contribution in [2.45, 2.75) is 6.42 Å². The Kier molecular flexibility index (Phi) is 5.17. The fourth-order valence-corrected chi connectivity index (χ4v) is 2.76. The fraction of sp³-hybridized carbons (Fsp3) is 0.0952. The molecule has 0 unspecified atom stereocenters. The number of carbonyl (C=O) groups excluding carboxylic acids is 2. The van der Waals surface area contributed by atoms with E-state index in [0.717, 1.165) is 0 Å². The van der Waals surface area contributed by atoms with Crippen molar-refractivity contribution in [1.82, 2.24) is 4.57 Å². The molecular formula is C21H18N2O4. The lowest BCUT2D eigenvalue weighted by molar-refractivity contribution is -0.136. The molecule has 0 aliphatic heterocycles. The largest absolute Gasteiger partial charge is 0.481 e. The molecule has 0 bridgehead atoms. The minimum Gasteiger partial charge on any atom is -0.481 e. The van der Waals surface area contributed by atoms with E-state index in [1.807, 2.05) is 6.07 Å². The summed E-state index contributed by atoms with van der Waals surface area (Å²) in [5.74, 6) is -1.39. The molecular weight excluding hydrogens is 344 g/mol. The Labute approximate surface area is 156 Å². The van der Waals surface area contributed by atoms with Gasteiger partial charge in [0.2, 0.25) is 5.78 Å². The monoisotopic (exact) mass is 362 g/mol. The number of carbonyl (C=O) groups is 3. The lowest BCUT2D eigenvalue weighted by Crippen LogP contribution is -2.13. The van der Waals surface area contributed by atoms with Crippen LogP contribution in [0.1, 0.15) is 32.1 Å². The van der Waals surface area contributed by atoms with Crippen molar-refractivity contribution in [3.05, 3.63) is 89.2 Å². The minimum atomic E-state index is -0.950. The molecule has 0 saturated carbocycles. The smallest absolute Gasteiger partial charge is 0.309 e. The molecule has 0 spiro atoms. The molecule has 1 heterocycles. The predicted octanol–water partition coefficient (Wildman–Crippen LogP) is 3.14. The number of nitrogens with zero attached hydrogens (tertiary/aromatic N) is 1. The number of carboxylic acid groups (broad SMARTS) is 1. The number of amides is 1. The predicted molar refractivity (Wildman–Crippen MR) is 101 cm³/mol. The third kappa shape index (κ3) is 4.12. The van der Waals surface area contributed by atoms with Crippen LogP contribution in [0, 0.1) is 0 Å². The van der Waals surface area contributed by atoms with Crippen molar-refractivity contribution < 1.29 is 19.5 Å². The molecule has 136 valence electrons. The van der Waals surface area contributed by atoms with Crippen LogP contribution in [0.4, 0.5) is 5.69 Å². The molecule has 2 N–H and O–H groups in total. The van der Waals surface area contributed by atoms with E-state index >= 15 is 0 Å². The number of hydrogen-bond acceptors (Lipinski definition) is 3. The number of nitrogens with one attached hydrogen (secondary N) is 1. The molecule has 1 amide bonds. The molecule has 6 heteroatoms. The summed E-state index contributed by atoms with van der Waals surface area (Å²) in [4.78, 5) is 35.7. The SMILES string of the molecule is Cn1c(CC(=O)O)ccc1C(=O)c1ccc(NC(=O)c2ccccc2)cc1. The van der Waals surface area contributed by atoms with Gasteiger partial charge in [-0.25, -0.2) is 0 Å². The normalized spacial score (nSPS) is 10.4. The first-order valence-electron chi connectivity index (χ1n) is 8.33. The topological polar surface area (TPSA) is 88.4 Å². The molecule has 0 aliphatic rings. The van der Waals surface area contributed by atoms with Crippen LogP contribution in [0.15, 0.2) is 66.7 Å². The first-order valence-corrected chi connectivity index (χ1v) is 8.33. The lowest BCUT2D eigenvalue weighted by atomic mass is 10.1. The third-order valence-corrected chi connectivity index (χ3v) is 4.23. The molecule has 27 heavy (non-hydrogen) atoms. The number of carboxylic acids is 1. The number of hydrogen-bond donors (Lipinski definition) is 2. The van der Waals surface area contributed by atoms with E-state index in [2.05, 4.69) is 5.32 Å². The molecule has 3 aromatic rings. The zero-order chi connectivity index (χ0) is 19.4. The number of aliphatic carboxylic acids is 1. The molecule has 2 aromatic carbocycles. The van der Waals surface area contributed by atoms with Crippen LogP contribution in [0.3, 0.4) is 0 Å². The molecule has 0 aliphatic carbocycles. The summed E-state index contributed by atoms with van der Waals surface area (Å²) < 4.78 is 1.58. The highest BCUT2D eigenvalue weighted by molar-refractivity contribution is 6.09. The third-order valence-electron chi connectivity index (χ3n) is 4.23. The summed E-state index contributed by atoms with van der Waals surface area (Å²) in [7, 11) is 1.67. The Hall–Kier alpha value is -3.67. The number of anilines is 1. The Morgan fingerprint density at radius 2 is 1.56 bits per heavy atom. The molecule has 0 radical (unpaired) electrons. The highest BCUT2D eigenvalue weighted by Gasteiger charge is 2.16. The van der Waals surface area contributed by atoms with Crippen molar-refractivity contribution in [1.29, 1.82) is 0 Å². The summed E-state index contributed by atoms with van der Waals surface area (Å²) in [5, 5.41) is 11.7. The van der Waals surface area contributed by atoms with Crippen LogP contribution in [-0.2, 0) is 18.3 Å². The van der Waals surface area contributed by atoms with E-state index in [4.69, 9.17) is 5.11 Å². The van der Waals surface area contributed by atoms with Gasteiger partial charge in [-0.3, -0.25) is 14.4 Å². The van der Waals surface area contributed by atoms with E-state index in [-0.39, 0.29) is 18.1 Å². The first-order chi connectivity index (χ1) is 13.0. The van der Waals surface area contributed by atoms with Crippen LogP contribution < -0.4 is 5.32 Å². The van der Waals surface area contributed by atoms with Crippen molar-refractivity contribution in [3.63, 3.8) is 0 Å². The second-order valence-electron chi connectivity index (χ2n) is 6.07. The maximum Gasteiger partial charge on any atom is 0.309 e. The summed E-state index contributed by atoms with van der Waals surface area (Å²) in [6.45, 7) is 0. The van der Waals surface area contributed by atoms with Crippen LogP contribution in [-0.4, -0.2) is 27.3 Å². The van der Waals surface area contributed by atoms with Crippen LogP contribution in [0.2, 0.25) is 0 Å². The minimum absolute atomic E-state index is 0.145. The Bertz CT molecular complexity index is 989. The van der Waals surface area contributed by atoms with E-state index in [1.165, 1.54) is 0 Å². The summed E-state index contributed by atoms with van der Waals surface area (Å²) in [6.07, 6.45) is -0.145. The van der Waals surface area contributed by atoms with Gasteiger partial charge in [0.15, 0.2) is 0 Å². The van der Waals surface area contributed by atoms with Crippen molar-refractivity contribution in [3.8, 4) is 0 Å². The zero-order valence-corrected chi connectivity index (χ0v) is 14.7. The average Bonchev–Trinajstić information content (AvgIpc) is 3.02. The molecule has 6 nitrogen and oxygen atoms in total. The van der Waals surface area contributed by atoms with E-state index < -0.39 is 5.97 Å². The van der Waals surface area contributed by atoms with Crippen molar-refractivity contribution >= 4 is 23.3 Å². The maximum atomic E-state index is 12.7. The van der Waals surface area contributed by atoms with Crippen LogP contribution in [0.25, 0.3) is 0 Å². The van der Waals surface area contributed by atoms with Gasteiger partial charge < -0.3 is 15.0 Å². The van der Waals surface area contributed by atoms with E-state index in [0.29, 0.717) is 28.2 Å². The lowest BCUT2D eigenvalue weighted by Gasteiger charge is -2.08. The number of ketones is 1. The fourth-order valence-electron chi connectivity index (χ4n) is 2.76. The van der Waals surface area contributed by atoms with E-state index in [1.54, 1.807) is 72.3 Å². The van der Waals surface area contributed by atoms with E-state index in [9.17, 15) is 14.4 Å². The van der Waals surface area contributed by atoms with Gasteiger partial charge in [0, 0.05) is 29.6 Å². The van der Waals surface area contributed by atoms with Crippen molar-refractivity contribution in [2.75, 3.05) is 5.32 Å². The Morgan fingerprint density at radius 3 is 2.19 bits per heavy atom. The molecule has 1 aromatic heterocycles. The summed E-state index contributed by atoms with van der Waals surface area (Å²) >= 11 is 0. The zero-order valence-electron chi connectivity index (χ0n) is 14.7. The molecule has 3 rings (SSSR count). The Morgan fingerprint density at radius 1 is 0.889 bits per heavy atom. The highest BCUT2D eigenvalue weighted by Crippen LogP contribution is 2.17. The van der Waals surface area contributed by atoms with Gasteiger partial charge in [0.25, 0.3) is 5.91 Å². The van der Waals surface area contributed by atoms with Gasteiger partial charge in [0.05, 0.1) is 12.1 Å². The quantitative estimate of drug-likeness (QED) is 0.660. The standard InChI is InChI=1S/C21H18N2O4/c1-23-17(13-19(24)25)11-12-18(23)20(26)14-7-9-16(10-8-14)22-21(27)15-5-3-2-4-6-15/h2-12H,13H2,1H3,(H,22,27)(H,24,25). The molecule has 0 saturated heterocycles. The number of rotatable bonds is 6. The van der Waals surface area contributed by atoms with Gasteiger partial charge in [-0.1, -0.05) is 18.2 Å². The van der Waals surface area contributed by atoms with Crippen LogP contribution in [0.5, 0.6) is 0 Å². The molecule has 0 atom stereocenters. The maximum absolute atomic E-state index is 12.7. The van der Waals surface area contributed by atoms with Gasteiger partial charge in [-0.05, 0) is 48.5 Å². The van der Waals surface area contributed by atoms with Crippen molar-refractivity contribution in [2.24, 2.45) is 7.05 Å². The highest BCUT2D eigenvalue weighted by atomic mass is 16.4.